The molecule has 4 nitrogen and oxygen atoms in total. The molecule has 2 N–H and O–H groups in total. The second kappa shape index (κ2) is 4.40. The van der Waals surface area contributed by atoms with Crippen molar-refractivity contribution in [1.82, 2.24) is 4.98 Å². The van der Waals surface area contributed by atoms with Crippen molar-refractivity contribution in [3.63, 3.8) is 0 Å². The fraction of sp³-hybridized carbons (Fsp3) is 0. The van der Waals surface area contributed by atoms with Crippen LogP contribution in [0.1, 0.15) is 26.4 Å². The lowest BCUT2D eigenvalue weighted by atomic mass is 10.1. The van der Waals surface area contributed by atoms with E-state index in [-0.39, 0.29) is 16.8 Å². The summed E-state index contributed by atoms with van der Waals surface area (Å²) in [5.41, 5.74) is -0.135. The van der Waals surface area contributed by atoms with Gasteiger partial charge in [-0.1, -0.05) is 0 Å². The molecule has 6 heteroatoms. The van der Waals surface area contributed by atoms with Gasteiger partial charge in [0.15, 0.2) is 17.4 Å². The van der Waals surface area contributed by atoms with Gasteiger partial charge in [-0.3, -0.25) is 4.79 Å². The molecule has 0 amide bonds. The molecule has 0 fully saturated rings. The highest BCUT2D eigenvalue weighted by molar-refractivity contribution is 6.09. The number of aromatic nitrogens is 1. The number of ketones is 1. The lowest BCUT2D eigenvalue weighted by Crippen LogP contribution is -2.01. The van der Waals surface area contributed by atoms with Crippen molar-refractivity contribution in [3.8, 4) is 0 Å². The van der Waals surface area contributed by atoms with Crippen LogP contribution in [0.3, 0.4) is 0 Å². The van der Waals surface area contributed by atoms with Gasteiger partial charge in [-0.2, -0.15) is 0 Å². The van der Waals surface area contributed by atoms with E-state index >= 15 is 0 Å². The molecule has 0 aliphatic heterocycles. The van der Waals surface area contributed by atoms with Gasteiger partial charge < -0.3 is 10.1 Å². The van der Waals surface area contributed by atoms with E-state index in [9.17, 15) is 18.4 Å². The molecule has 0 unspecified atom stereocenters. The minimum Gasteiger partial charge on any atom is -0.477 e. The van der Waals surface area contributed by atoms with Crippen LogP contribution in [0.25, 0.3) is 0 Å². The van der Waals surface area contributed by atoms with Crippen molar-refractivity contribution in [2.45, 2.75) is 0 Å². The molecule has 0 radical (unpaired) electrons. The molecule has 18 heavy (non-hydrogen) atoms. The second-order valence-corrected chi connectivity index (χ2v) is 3.57. The highest BCUT2D eigenvalue weighted by Gasteiger charge is 2.15. The van der Waals surface area contributed by atoms with E-state index in [0.717, 1.165) is 24.3 Å². The van der Waals surface area contributed by atoms with Gasteiger partial charge >= 0.3 is 5.97 Å². The highest BCUT2D eigenvalue weighted by Crippen LogP contribution is 2.14. The molecule has 2 aromatic rings. The van der Waals surface area contributed by atoms with Crippen LogP contribution in [0.4, 0.5) is 8.78 Å². The molecule has 0 aliphatic carbocycles. The number of carboxylic acid groups (broad SMARTS) is 1. The van der Waals surface area contributed by atoms with Crippen molar-refractivity contribution in [2.75, 3.05) is 0 Å². The molecule has 0 atom stereocenters. The number of carbonyl (C=O) groups excluding carboxylic acids is 1. The maximum Gasteiger partial charge on any atom is 0.352 e. The van der Waals surface area contributed by atoms with E-state index < -0.39 is 23.4 Å². The molecule has 0 saturated carbocycles. The molecule has 0 aliphatic rings. The Morgan fingerprint density at radius 2 is 1.78 bits per heavy atom. The minimum atomic E-state index is -1.21. The number of nitrogens with one attached hydrogen (secondary N) is 1. The molecule has 92 valence electrons. The van der Waals surface area contributed by atoms with Gasteiger partial charge in [0.1, 0.15) is 5.69 Å². The summed E-state index contributed by atoms with van der Waals surface area (Å²) in [6.07, 6.45) is 1.20. The van der Waals surface area contributed by atoms with Crippen molar-refractivity contribution < 1.29 is 23.5 Å². The first kappa shape index (κ1) is 12.0. The number of rotatable bonds is 3. The first-order valence-corrected chi connectivity index (χ1v) is 4.90. The molecule has 0 spiro atoms. The first-order chi connectivity index (χ1) is 8.49. The summed E-state index contributed by atoms with van der Waals surface area (Å²) in [5.74, 6) is -3.97. The third-order valence-corrected chi connectivity index (χ3v) is 2.36. The SMILES string of the molecule is O=C(c1c[nH]c(C(=O)O)c1)c1ccc(F)c(F)c1. The van der Waals surface area contributed by atoms with Crippen LogP contribution in [-0.4, -0.2) is 21.8 Å². The lowest BCUT2D eigenvalue weighted by molar-refractivity contribution is 0.0691. The fourth-order valence-corrected chi connectivity index (χ4v) is 1.45. The number of carbonyl (C=O) groups is 2. The zero-order valence-electron chi connectivity index (χ0n) is 8.91. The number of hydrogen-bond acceptors (Lipinski definition) is 2. The summed E-state index contributed by atoms with van der Waals surface area (Å²) >= 11 is 0. The average molecular weight is 251 g/mol. The Hall–Kier alpha value is -2.50. The predicted molar refractivity (Wildman–Crippen MR) is 57.5 cm³/mol. The zero-order valence-corrected chi connectivity index (χ0v) is 8.91. The molecular weight excluding hydrogens is 244 g/mol. The summed E-state index contributed by atoms with van der Waals surface area (Å²) in [5, 5.41) is 8.68. The van der Waals surface area contributed by atoms with E-state index in [1.165, 1.54) is 6.20 Å². The maximum atomic E-state index is 13.0. The number of benzene rings is 1. The third kappa shape index (κ3) is 2.13. The van der Waals surface area contributed by atoms with Gasteiger partial charge in [-0.25, -0.2) is 13.6 Å². The zero-order chi connectivity index (χ0) is 13.3. The summed E-state index contributed by atoms with van der Waals surface area (Å²) in [7, 11) is 0. The summed E-state index contributed by atoms with van der Waals surface area (Å²) in [6.45, 7) is 0. The van der Waals surface area contributed by atoms with Gasteiger partial charge in [0.25, 0.3) is 0 Å². The van der Waals surface area contributed by atoms with E-state index in [0.29, 0.717) is 0 Å². The van der Waals surface area contributed by atoms with Crippen molar-refractivity contribution >= 4 is 11.8 Å². The molecule has 2 rings (SSSR count). The topological polar surface area (TPSA) is 70.2 Å². The molecule has 1 aromatic carbocycles. The van der Waals surface area contributed by atoms with Crippen molar-refractivity contribution in [1.29, 1.82) is 0 Å². The second-order valence-electron chi connectivity index (χ2n) is 3.57. The van der Waals surface area contributed by atoms with Gasteiger partial charge in [0.05, 0.1) is 0 Å². The highest BCUT2D eigenvalue weighted by atomic mass is 19.2. The smallest absolute Gasteiger partial charge is 0.352 e. The standard InChI is InChI=1S/C12H7F2NO3/c13-8-2-1-6(3-9(8)14)11(16)7-4-10(12(17)18)15-5-7/h1-5,15H,(H,17,18). The van der Waals surface area contributed by atoms with Gasteiger partial charge in [0.2, 0.25) is 0 Å². The first-order valence-electron chi connectivity index (χ1n) is 4.90. The number of H-pyrrole nitrogens is 1. The Kier molecular flexibility index (Phi) is 2.93. The number of hydrogen-bond donors (Lipinski definition) is 2. The van der Waals surface area contributed by atoms with E-state index in [1.807, 2.05) is 0 Å². The number of carboxylic acids is 1. The average Bonchev–Trinajstić information content (AvgIpc) is 2.81. The van der Waals surface area contributed by atoms with Crippen LogP contribution in [0.5, 0.6) is 0 Å². The Morgan fingerprint density at radius 1 is 1.06 bits per heavy atom. The van der Waals surface area contributed by atoms with Crippen molar-refractivity contribution in [3.05, 3.63) is 58.9 Å². The fourth-order valence-electron chi connectivity index (χ4n) is 1.45. The largest absolute Gasteiger partial charge is 0.477 e. The molecular formula is C12H7F2NO3. The molecule has 1 heterocycles. The van der Waals surface area contributed by atoms with Gasteiger partial charge in [-0.15, -0.1) is 0 Å². The Morgan fingerprint density at radius 3 is 2.33 bits per heavy atom. The number of halogens is 2. The summed E-state index contributed by atoms with van der Waals surface area (Å²) < 4.78 is 25.7. The van der Waals surface area contributed by atoms with Gasteiger partial charge in [-0.05, 0) is 24.3 Å². The van der Waals surface area contributed by atoms with Crippen LogP contribution >= 0.6 is 0 Å². The van der Waals surface area contributed by atoms with Crippen molar-refractivity contribution in [2.24, 2.45) is 0 Å². The van der Waals surface area contributed by atoms with E-state index in [1.54, 1.807) is 0 Å². The number of aromatic amines is 1. The van der Waals surface area contributed by atoms with Crippen LogP contribution in [0.15, 0.2) is 30.5 Å². The number of aromatic carboxylic acids is 1. The molecule has 0 bridgehead atoms. The minimum absolute atomic E-state index is 0.0511. The van der Waals surface area contributed by atoms with Crippen LogP contribution in [0, 0.1) is 11.6 Å². The molecule has 0 saturated heterocycles. The quantitative estimate of drug-likeness (QED) is 0.822. The molecule has 1 aromatic heterocycles. The van der Waals surface area contributed by atoms with Crippen LogP contribution in [0.2, 0.25) is 0 Å². The Balaban J connectivity index is 2.35. The lowest BCUT2D eigenvalue weighted by Gasteiger charge is -1.99. The summed E-state index contributed by atoms with van der Waals surface area (Å²) in [6, 6.07) is 3.87. The third-order valence-electron chi connectivity index (χ3n) is 2.36. The summed E-state index contributed by atoms with van der Waals surface area (Å²) in [4.78, 5) is 24.9. The van der Waals surface area contributed by atoms with Crippen LogP contribution in [-0.2, 0) is 0 Å². The Bertz CT molecular complexity index is 634. The Labute approximate surface area is 99.9 Å². The predicted octanol–water partition coefficient (Wildman–Crippen LogP) is 2.22. The van der Waals surface area contributed by atoms with E-state index in [4.69, 9.17) is 5.11 Å². The van der Waals surface area contributed by atoms with E-state index in [2.05, 4.69) is 4.98 Å². The maximum absolute atomic E-state index is 13.0. The normalized spacial score (nSPS) is 10.3. The van der Waals surface area contributed by atoms with Gasteiger partial charge in [0, 0.05) is 17.3 Å². The van der Waals surface area contributed by atoms with Crippen LogP contribution < -0.4 is 0 Å². The monoisotopic (exact) mass is 251 g/mol.